The highest BCUT2D eigenvalue weighted by Crippen LogP contribution is 2.06. The third kappa shape index (κ3) is 2.30. The Balaban J connectivity index is 2.90. The Kier molecular flexibility index (Phi) is 3.61. The van der Waals surface area contributed by atoms with E-state index in [1.807, 2.05) is 0 Å². The maximum Gasteiger partial charge on any atom is 0.256 e. The van der Waals surface area contributed by atoms with Gasteiger partial charge < -0.3 is 20.2 Å². The summed E-state index contributed by atoms with van der Waals surface area (Å²) < 4.78 is 9.91. The molecule has 1 heterocycles. The highest BCUT2D eigenvalue weighted by atomic mass is 16.7. The van der Waals surface area contributed by atoms with Crippen LogP contribution in [0.5, 0.6) is 0 Å². The zero-order valence-corrected chi connectivity index (χ0v) is 8.11. The molecule has 14 heavy (non-hydrogen) atoms. The summed E-state index contributed by atoms with van der Waals surface area (Å²) in [5, 5.41) is 0. The third-order valence-electron chi connectivity index (χ3n) is 1.88. The number of aromatic nitrogens is 2. The number of H-pyrrole nitrogens is 1. The summed E-state index contributed by atoms with van der Waals surface area (Å²) in [5.74, 6) is 0.202. The average molecular weight is 199 g/mol. The second-order valence-electron chi connectivity index (χ2n) is 2.70. The first-order chi connectivity index (χ1) is 6.69. The van der Waals surface area contributed by atoms with Gasteiger partial charge in [0, 0.05) is 20.6 Å². The number of nitrogen functional groups attached to an aromatic ring is 1. The summed E-state index contributed by atoms with van der Waals surface area (Å²) in [4.78, 5) is 17.5. The van der Waals surface area contributed by atoms with Gasteiger partial charge >= 0.3 is 0 Å². The lowest BCUT2D eigenvalue weighted by Crippen LogP contribution is -2.24. The van der Waals surface area contributed by atoms with Crippen molar-refractivity contribution >= 4 is 5.82 Å². The van der Waals surface area contributed by atoms with E-state index < -0.39 is 6.29 Å². The number of nitrogens with zero attached hydrogens (tertiary/aromatic N) is 1. The van der Waals surface area contributed by atoms with E-state index in [-0.39, 0.29) is 17.8 Å². The van der Waals surface area contributed by atoms with Crippen LogP contribution in [-0.2, 0) is 15.9 Å². The predicted octanol–water partition coefficient (Wildman–Crippen LogP) is -0.487. The molecule has 0 aromatic carbocycles. The summed E-state index contributed by atoms with van der Waals surface area (Å²) in [6, 6.07) is 0. The molecule has 6 nitrogen and oxygen atoms in total. The van der Waals surface area contributed by atoms with Crippen LogP contribution < -0.4 is 11.3 Å². The van der Waals surface area contributed by atoms with Gasteiger partial charge in [0.1, 0.15) is 5.82 Å². The van der Waals surface area contributed by atoms with Crippen molar-refractivity contribution in [3.63, 3.8) is 0 Å². The summed E-state index contributed by atoms with van der Waals surface area (Å²) >= 11 is 0. The van der Waals surface area contributed by atoms with Crippen molar-refractivity contribution in [2.75, 3.05) is 20.0 Å². The van der Waals surface area contributed by atoms with Crippen molar-refractivity contribution in [1.82, 2.24) is 9.97 Å². The van der Waals surface area contributed by atoms with Crippen LogP contribution >= 0.6 is 0 Å². The van der Waals surface area contributed by atoms with Crippen LogP contribution in [0.2, 0.25) is 0 Å². The lowest BCUT2D eigenvalue weighted by Gasteiger charge is -2.12. The molecular formula is C8H13N3O3. The molecule has 0 bridgehead atoms. The largest absolute Gasteiger partial charge is 0.383 e. The van der Waals surface area contributed by atoms with Gasteiger partial charge in [0.05, 0.1) is 11.9 Å². The third-order valence-corrected chi connectivity index (χ3v) is 1.88. The molecule has 0 amide bonds. The normalized spacial score (nSPS) is 10.8. The Hall–Kier alpha value is -1.40. The molecule has 0 spiro atoms. The number of methoxy groups -OCH3 is 2. The number of nitrogens with one attached hydrogen (secondary N) is 1. The molecule has 3 N–H and O–H groups in total. The van der Waals surface area contributed by atoms with Gasteiger partial charge in [-0.15, -0.1) is 0 Å². The number of hydrogen-bond acceptors (Lipinski definition) is 5. The topological polar surface area (TPSA) is 90.2 Å². The van der Waals surface area contributed by atoms with Crippen LogP contribution in [0.1, 0.15) is 5.56 Å². The number of nitrogens with two attached hydrogens (primary N) is 1. The Labute approximate surface area is 81.1 Å². The zero-order chi connectivity index (χ0) is 10.6. The highest BCUT2D eigenvalue weighted by molar-refractivity contribution is 5.36. The first-order valence-corrected chi connectivity index (χ1v) is 4.06. The zero-order valence-electron chi connectivity index (χ0n) is 8.11. The fraction of sp³-hybridized carbons (Fsp3) is 0.500. The second kappa shape index (κ2) is 4.73. The van der Waals surface area contributed by atoms with Gasteiger partial charge in [-0.3, -0.25) is 4.79 Å². The number of anilines is 1. The van der Waals surface area contributed by atoms with Crippen LogP contribution in [0, 0.1) is 0 Å². The first kappa shape index (κ1) is 10.7. The molecule has 0 unspecified atom stereocenters. The predicted molar refractivity (Wildman–Crippen MR) is 50.8 cm³/mol. The van der Waals surface area contributed by atoms with E-state index in [4.69, 9.17) is 15.2 Å². The second-order valence-corrected chi connectivity index (χ2v) is 2.70. The Bertz CT molecular complexity index is 346. The standard InChI is InChI=1S/C8H13N3O3/c1-13-6(14-2)3-5-7(9)10-4-11-8(5)12/h4,6H,3H2,1-2H3,(H3,9,10,11,12). The lowest BCUT2D eigenvalue weighted by molar-refractivity contribution is -0.100. The van der Waals surface area contributed by atoms with Crippen molar-refractivity contribution in [1.29, 1.82) is 0 Å². The molecule has 6 heteroatoms. The quantitative estimate of drug-likeness (QED) is 0.639. The van der Waals surface area contributed by atoms with E-state index in [1.165, 1.54) is 20.5 Å². The number of aromatic amines is 1. The number of rotatable bonds is 4. The minimum absolute atomic E-state index is 0.202. The minimum Gasteiger partial charge on any atom is -0.383 e. The van der Waals surface area contributed by atoms with E-state index in [2.05, 4.69) is 9.97 Å². The number of ether oxygens (including phenoxy) is 2. The molecular weight excluding hydrogens is 186 g/mol. The maximum atomic E-state index is 11.3. The summed E-state index contributed by atoms with van der Waals surface area (Å²) in [5.41, 5.74) is 5.65. The molecule has 0 fully saturated rings. The van der Waals surface area contributed by atoms with E-state index in [1.54, 1.807) is 0 Å². The van der Waals surface area contributed by atoms with Crippen molar-refractivity contribution < 1.29 is 9.47 Å². The molecule has 0 saturated heterocycles. The summed E-state index contributed by atoms with van der Waals surface area (Å²) in [6.07, 6.45) is 1.06. The summed E-state index contributed by atoms with van der Waals surface area (Å²) in [7, 11) is 2.99. The molecule has 0 aliphatic carbocycles. The van der Waals surface area contributed by atoms with Crippen LogP contribution in [0.25, 0.3) is 0 Å². The first-order valence-electron chi connectivity index (χ1n) is 4.06. The van der Waals surface area contributed by atoms with Gasteiger partial charge in [0.2, 0.25) is 0 Å². The van der Waals surface area contributed by atoms with Crippen molar-refractivity contribution in [3.8, 4) is 0 Å². The van der Waals surface area contributed by atoms with Gasteiger partial charge in [-0.05, 0) is 0 Å². The lowest BCUT2D eigenvalue weighted by atomic mass is 10.2. The van der Waals surface area contributed by atoms with Crippen LogP contribution in [0.15, 0.2) is 11.1 Å². The Morgan fingerprint density at radius 1 is 1.57 bits per heavy atom. The Morgan fingerprint density at radius 2 is 2.21 bits per heavy atom. The molecule has 0 aliphatic heterocycles. The van der Waals surface area contributed by atoms with Gasteiger partial charge in [-0.25, -0.2) is 4.98 Å². The fourth-order valence-corrected chi connectivity index (χ4v) is 1.07. The molecule has 78 valence electrons. The molecule has 0 atom stereocenters. The molecule has 0 saturated carbocycles. The van der Waals surface area contributed by atoms with Gasteiger partial charge in [0.15, 0.2) is 6.29 Å². The van der Waals surface area contributed by atoms with E-state index in [9.17, 15) is 4.79 Å². The van der Waals surface area contributed by atoms with E-state index >= 15 is 0 Å². The molecule has 0 radical (unpaired) electrons. The van der Waals surface area contributed by atoms with Crippen LogP contribution in [0.4, 0.5) is 5.82 Å². The van der Waals surface area contributed by atoms with Crippen molar-refractivity contribution in [3.05, 3.63) is 22.2 Å². The van der Waals surface area contributed by atoms with E-state index in [0.717, 1.165) is 0 Å². The van der Waals surface area contributed by atoms with Crippen molar-refractivity contribution in [2.24, 2.45) is 0 Å². The molecule has 1 rings (SSSR count). The smallest absolute Gasteiger partial charge is 0.256 e. The molecule has 0 aliphatic rings. The molecule has 1 aromatic heterocycles. The van der Waals surface area contributed by atoms with Gasteiger partial charge in [0.25, 0.3) is 5.56 Å². The SMILES string of the molecule is COC(Cc1c(N)nc[nH]c1=O)OC. The maximum absolute atomic E-state index is 11.3. The average Bonchev–Trinajstić information content (AvgIpc) is 2.18. The van der Waals surface area contributed by atoms with Crippen molar-refractivity contribution in [2.45, 2.75) is 12.7 Å². The fourth-order valence-electron chi connectivity index (χ4n) is 1.07. The van der Waals surface area contributed by atoms with Gasteiger partial charge in [-0.2, -0.15) is 0 Å². The molecule has 1 aromatic rings. The van der Waals surface area contributed by atoms with Crippen LogP contribution in [0.3, 0.4) is 0 Å². The monoisotopic (exact) mass is 199 g/mol. The van der Waals surface area contributed by atoms with Crippen LogP contribution in [-0.4, -0.2) is 30.5 Å². The minimum atomic E-state index is -0.484. The highest BCUT2D eigenvalue weighted by Gasteiger charge is 2.12. The number of hydrogen-bond donors (Lipinski definition) is 2. The van der Waals surface area contributed by atoms with E-state index in [0.29, 0.717) is 5.56 Å². The summed E-state index contributed by atoms with van der Waals surface area (Å²) in [6.45, 7) is 0. The Morgan fingerprint density at radius 3 is 2.71 bits per heavy atom. The van der Waals surface area contributed by atoms with Gasteiger partial charge in [-0.1, -0.05) is 0 Å².